The van der Waals surface area contributed by atoms with Crippen molar-refractivity contribution in [2.45, 2.75) is 104 Å². The normalized spacial score (nSPS) is 22.5. The standard InChI is InChI=1S/C26H41NO8S/c1-14(24(33)16(3)25(34)26(4,5)21(30)11-23(31)32)7-6-8-19-20(35-19)10-18(29)15(2)9-17-13-36-22(12-28)27-17/h9,13-14,16,18-21,24,28-30,33H,6-8,10-12H2,1-5H3,(H,31,32)/b15-9+/t14-,16-,18+,19?,20?,21+,24+/m1/s1. The molecule has 36 heavy (non-hydrogen) atoms. The number of carboxylic acids is 1. The van der Waals surface area contributed by atoms with Crippen LogP contribution in [0.1, 0.15) is 77.4 Å². The third-order valence-electron chi connectivity index (χ3n) is 7.24. The largest absolute Gasteiger partial charge is 0.481 e. The lowest BCUT2D eigenvalue weighted by Gasteiger charge is -2.34. The number of carbonyl (C=O) groups is 2. The van der Waals surface area contributed by atoms with Crippen LogP contribution in [0, 0.1) is 17.3 Å². The molecule has 9 nitrogen and oxygen atoms in total. The van der Waals surface area contributed by atoms with Gasteiger partial charge in [-0.2, -0.15) is 0 Å². The molecule has 0 bridgehead atoms. The highest BCUT2D eigenvalue weighted by Gasteiger charge is 2.42. The number of ketones is 1. The Morgan fingerprint density at radius 1 is 1.22 bits per heavy atom. The summed E-state index contributed by atoms with van der Waals surface area (Å²) < 4.78 is 5.71. The summed E-state index contributed by atoms with van der Waals surface area (Å²) >= 11 is 1.37. The SMILES string of the molecule is C/C(=C\c1csc(CO)n1)[C@@H](O)CC1OC1CCC[C@@H](C)[C@H](O)[C@@H](C)C(=O)C(C)(C)[C@@H](O)CC(=O)O. The molecule has 204 valence electrons. The molecule has 0 aliphatic carbocycles. The van der Waals surface area contributed by atoms with Crippen LogP contribution in [-0.4, -0.2) is 72.8 Å². The minimum atomic E-state index is -1.33. The number of ether oxygens (including phenoxy) is 1. The zero-order chi connectivity index (χ0) is 27.2. The van der Waals surface area contributed by atoms with E-state index in [-0.39, 0.29) is 30.5 Å². The number of carboxylic acid groups (broad SMARTS) is 1. The maximum Gasteiger partial charge on any atom is 0.306 e. The highest BCUT2D eigenvalue weighted by atomic mass is 32.1. The Kier molecular flexibility index (Phi) is 11.2. The molecule has 7 atom stereocenters. The highest BCUT2D eigenvalue weighted by molar-refractivity contribution is 7.09. The summed E-state index contributed by atoms with van der Waals surface area (Å²) in [6.45, 7) is 8.25. The number of aliphatic carboxylic acids is 1. The minimum absolute atomic E-state index is 0.0240. The van der Waals surface area contributed by atoms with Crippen molar-refractivity contribution in [1.29, 1.82) is 0 Å². The van der Waals surface area contributed by atoms with Gasteiger partial charge in [0, 0.05) is 17.7 Å². The lowest BCUT2D eigenvalue weighted by Crippen LogP contribution is -2.45. The van der Waals surface area contributed by atoms with Gasteiger partial charge >= 0.3 is 5.97 Å². The topological polar surface area (TPSA) is 161 Å². The van der Waals surface area contributed by atoms with Crippen molar-refractivity contribution < 1.29 is 39.9 Å². The van der Waals surface area contributed by atoms with E-state index in [2.05, 4.69) is 4.98 Å². The second-order valence-corrected chi connectivity index (χ2v) is 11.5. The minimum Gasteiger partial charge on any atom is -0.481 e. The fourth-order valence-electron chi connectivity index (χ4n) is 4.47. The number of rotatable bonds is 16. The molecule has 2 heterocycles. The number of Topliss-reactive ketones (excluding diaryl/α,β-unsaturated/α-hetero) is 1. The summed E-state index contributed by atoms with van der Waals surface area (Å²) in [6, 6.07) is 0. The summed E-state index contributed by atoms with van der Waals surface area (Å²) in [7, 11) is 0. The number of aliphatic hydroxyl groups is 4. The van der Waals surface area contributed by atoms with Gasteiger partial charge in [0.15, 0.2) is 0 Å². The molecule has 2 rings (SSSR count). The van der Waals surface area contributed by atoms with E-state index in [0.717, 1.165) is 18.4 Å². The van der Waals surface area contributed by atoms with E-state index >= 15 is 0 Å². The molecule has 1 saturated heterocycles. The Bertz CT molecular complexity index is 914. The number of aliphatic hydroxyl groups excluding tert-OH is 4. The highest BCUT2D eigenvalue weighted by Crippen LogP contribution is 2.34. The second kappa shape index (κ2) is 13.2. The van der Waals surface area contributed by atoms with Crippen molar-refractivity contribution >= 4 is 29.2 Å². The van der Waals surface area contributed by atoms with Gasteiger partial charge in [-0.1, -0.05) is 34.1 Å². The molecule has 0 saturated carbocycles. The number of nitrogens with zero attached hydrogens (tertiary/aromatic N) is 1. The van der Waals surface area contributed by atoms with Gasteiger partial charge in [-0.15, -0.1) is 11.3 Å². The first kappa shape index (κ1) is 30.5. The van der Waals surface area contributed by atoms with Crippen LogP contribution in [0.5, 0.6) is 0 Å². The second-order valence-electron chi connectivity index (χ2n) is 10.6. The van der Waals surface area contributed by atoms with E-state index in [9.17, 15) is 24.9 Å². The van der Waals surface area contributed by atoms with E-state index < -0.39 is 42.0 Å². The van der Waals surface area contributed by atoms with E-state index in [0.29, 0.717) is 23.5 Å². The number of thiazole rings is 1. The van der Waals surface area contributed by atoms with Gasteiger partial charge in [-0.05, 0) is 37.3 Å². The molecule has 10 heteroatoms. The van der Waals surface area contributed by atoms with E-state index in [1.165, 1.54) is 25.2 Å². The predicted octanol–water partition coefficient (Wildman–Crippen LogP) is 2.79. The first-order chi connectivity index (χ1) is 16.8. The van der Waals surface area contributed by atoms with Gasteiger partial charge < -0.3 is 30.3 Å². The van der Waals surface area contributed by atoms with Crippen LogP contribution >= 0.6 is 11.3 Å². The summed E-state index contributed by atoms with van der Waals surface area (Å²) in [5.74, 6) is -2.44. The average molecular weight is 528 g/mol. The molecule has 1 aromatic rings. The Morgan fingerprint density at radius 3 is 2.47 bits per heavy atom. The summed E-state index contributed by atoms with van der Waals surface area (Å²) in [4.78, 5) is 28.1. The zero-order valence-corrected chi connectivity index (χ0v) is 22.6. The fourth-order valence-corrected chi connectivity index (χ4v) is 5.08. The van der Waals surface area contributed by atoms with Crippen LogP contribution < -0.4 is 0 Å². The molecule has 0 amide bonds. The number of hydrogen-bond acceptors (Lipinski definition) is 9. The quantitative estimate of drug-likeness (QED) is 0.204. The Labute approximate surface area is 216 Å². The van der Waals surface area contributed by atoms with Gasteiger partial charge in [-0.25, -0.2) is 4.98 Å². The van der Waals surface area contributed by atoms with E-state index in [1.807, 2.05) is 25.3 Å². The molecule has 1 aromatic heterocycles. The molecule has 1 fully saturated rings. The van der Waals surface area contributed by atoms with Crippen molar-refractivity contribution in [1.82, 2.24) is 4.98 Å². The fraction of sp³-hybridized carbons (Fsp3) is 0.731. The summed E-state index contributed by atoms with van der Waals surface area (Å²) in [6.07, 6.45) is 1.18. The van der Waals surface area contributed by atoms with Crippen LogP contribution in [0.25, 0.3) is 6.08 Å². The van der Waals surface area contributed by atoms with E-state index in [1.54, 1.807) is 6.92 Å². The zero-order valence-electron chi connectivity index (χ0n) is 21.8. The molecular weight excluding hydrogens is 486 g/mol. The Morgan fingerprint density at radius 2 is 1.89 bits per heavy atom. The molecule has 0 spiro atoms. The van der Waals surface area contributed by atoms with Gasteiger partial charge in [-0.3, -0.25) is 9.59 Å². The van der Waals surface area contributed by atoms with Crippen molar-refractivity contribution in [3.05, 3.63) is 21.7 Å². The van der Waals surface area contributed by atoms with Crippen LogP contribution in [-0.2, 0) is 20.9 Å². The smallest absolute Gasteiger partial charge is 0.306 e. The van der Waals surface area contributed by atoms with Crippen molar-refractivity contribution in [2.24, 2.45) is 17.3 Å². The molecular formula is C26H41NO8S. The third kappa shape index (κ3) is 8.43. The molecule has 1 aliphatic heterocycles. The maximum atomic E-state index is 12.9. The van der Waals surface area contributed by atoms with E-state index in [4.69, 9.17) is 14.9 Å². The molecule has 2 unspecified atom stereocenters. The van der Waals surface area contributed by atoms with Gasteiger partial charge in [0.2, 0.25) is 0 Å². The van der Waals surface area contributed by atoms with Crippen LogP contribution in [0.3, 0.4) is 0 Å². The average Bonchev–Trinajstić information content (AvgIpc) is 3.38. The van der Waals surface area contributed by atoms with Crippen LogP contribution in [0.2, 0.25) is 0 Å². The number of hydrogen-bond donors (Lipinski definition) is 5. The summed E-state index contributed by atoms with van der Waals surface area (Å²) in [5.41, 5.74) is 0.224. The number of carbonyl (C=O) groups excluding carboxylic acids is 1. The Balaban J connectivity index is 1.75. The first-order valence-corrected chi connectivity index (χ1v) is 13.3. The van der Waals surface area contributed by atoms with Crippen molar-refractivity contribution in [3.8, 4) is 0 Å². The van der Waals surface area contributed by atoms with Gasteiger partial charge in [0.25, 0.3) is 0 Å². The van der Waals surface area contributed by atoms with Gasteiger partial charge in [0.05, 0.1) is 54.7 Å². The van der Waals surface area contributed by atoms with Gasteiger partial charge in [0.1, 0.15) is 10.8 Å². The molecule has 0 radical (unpaired) electrons. The van der Waals surface area contributed by atoms with Crippen LogP contribution in [0.15, 0.2) is 11.0 Å². The Hall–Kier alpha value is -1.69. The number of aromatic nitrogens is 1. The third-order valence-corrected chi connectivity index (χ3v) is 8.09. The lowest BCUT2D eigenvalue weighted by atomic mass is 9.73. The first-order valence-electron chi connectivity index (χ1n) is 12.5. The maximum absolute atomic E-state index is 12.9. The molecule has 5 N–H and O–H groups in total. The summed E-state index contributed by atoms with van der Waals surface area (Å²) in [5, 5.41) is 51.9. The monoisotopic (exact) mass is 527 g/mol. The molecule has 1 aliphatic rings. The predicted molar refractivity (Wildman–Crippen MR) is 136 cm³/mol. The number of epoxide rings is 1. The van der Waals surface area contributed by atoms with Crippen LogP contribution in [0.4, 0.5) is 0 Å². The molecule has 0 aromatic carbocycles. The lowest BCUT2D eigenvalue weighted by molar-refractivity contribution is -0.147. The van der Waals surface area contributed by atoms with Crippen molar-refractivity contribution in [3.63, 3.8) is 0 Å². The van der Waals surface area contributed by atoms with Crippen molar-refractivity contribution in [2.75, 3.05) is 0 Å².